The van der Waals surface area contributed by atoms with E-state index in [1.807, 2.05) is 0 Å². The molecular weight excluding hydrogens is 252 g/mol. The van der Waals surface area contributed by atoms with Gasteiger partial charge in [0.15, 0.2) is 0 Å². The van der Waals surface area contributed by atoms with E-state index in [-0.39, 0.29) is 17.1 Å². The fraction of sp³-hybridized carbons (Fsp3) is 0.231. The minimum Gasteiger partial charge on any atom is -0.500 e. The van der Waals surface area contributed by atoms with Gasteiger partial charge in [-0.3, -0.25) is 0 Å². The van der Waals surface area contributed by atoms with E-state index < -0.39 is 11.9 Å². The van der Waals surface area contributed by atoms with Gasteiger partial charge >= 0.3 is 11.9 Å². The van der Waals surface area contributed by atoms with Crippen LogP contribution in [0.15, 0.2) is 30.2 Å². The van der Waals surface area contributed by atoms with E-state index >= 15 is 0 Å². The maximum Gasteiger partial charge on any atom is 0.377 e. The molecule has 102 valence electrons. The smallest absolute Gasteiger partial charge is 0.377 e. The van der Waals surface area contributed by atoms with Gasteiger partial charge in [0.05, 0.1) is 14.2 Å². The number of aryl methyl sites for hydroxylation is 1. The number of methoxy groups -OCH3 is 2. The third-order valence-electron chi connectivity index (χ3n) is 2.20. The first-order chi connectivity index (χ1) is 8.99. The lowest BCUT2D eigenvalue weighted by atomic mass is 10.1. The summed E-state index contributed by atoms with van der Waals surface area (Å²) in [4.78, 5) is 22.5. The van der Waals surface area contributed by atoms with Gasteiger partial charge in [-0.25, -0.2) is 9.59 Å². The number of carbonyl (C=O) groups excluding carboxylic acids is 1. The van der Waals surface area contributed by atoms with Crippen LogP contribution >= 0.6 is 0 Å². The Kier molecular flexibility index (Phi) is 4.93. The second kappa shape index (κ2) is 6.44. The van der Waals surface area contributed by atoms with Crippen molar-refractivity contribution in [1.82, 2.24) is 0 Å². The van der Waals surface area contributed by atoms with E-state index in [0.717, 1.165) is 11.8 Å². The highest BCUT2D eigenvalue weighted by Gasteiger charge is 2.18. The van der Waals surface area contributed by atoms with Gasteiger partial charge in [-0.1, -0.05) is 11.6 Å². The molecule has 19 heavy (non-hydrogen) atoms. The van der Waals surface area contributed by atoms with E-state index in [2.05, 4.69) is 9.47 Å². The van der Waals surface area contributed by atoms with Crippen molar-refractivity contribution in [3.63, 3.8) is 0 Å². The molecule has 0 aromatic heterocycles. The van der Waals surface area contributed by atoms with E-state index in [4.69, 9.17) is 9.84 Å². The molecule has 0 heterocycles. The van der Waals surface area contributed by atoms with Crippen LogP contribution < -0.4 is 4.74 Å². The van der Waals surface area contributed by atoms with Gasteiger partial charge in [-0.15, -0.1) is 0 Å². The van der Waals surface area contributed by atoms with Gasteiger partial charge in [0, 0.05) is 0 Å². The maximum absolute atomic E-state index is 11.4. The van der Waals surface area contributed by atoms with E-state index in [0.29, 0.717) is 0 Å². The Morgan fingerprint density at radius 2 is 1.95 bits per heavy atom. The van der Waals surface area contributed by atoms with Crippen molar-refractivity contribution in [2.75, 3.05) is 14.2 Å². The Hall–Kier alpha value is -2.50. The van der Waals surface area contributed by atoms with Gasteiger partial charge < -0.3 is 19.3 Å². The number of benzene rings is 1. The van der Waals surface area contributed by atoms with Crippen LogP contribution in [0.25, 0.3) is 0 Å². The minimum atomic E-state index is -1.15. The molecule has 6 nitrogen and oxygen atoms in total. The molecule has 0 fully saturated rings. The van der Waals surface area contributed by atoms with Crippen LogP contribution in [-0.4, -0.2) is 31.3 Å². The fourth-order valence-corrected chi connectivity index (χ4v) is 1.34. The molecule has 0 radical (unpaired) electrons. The highest BCUT2D eigenvalue weighted by molar-refractivity contribution is 5.92. The molecule has 0 atom stereocenters. The first kappa shape index (κ1) is 14.6. The third kappa shape index (κ3) is 3.74. The second-order valence-electron chi connectivity index (χ2n) is 3.62. The van der Waals surface area contributed by atoms with Crippen LogP contribution in [0.2, 0.25) is 0 Å². The molecule has 0 saturated heterocycles. The summed E-state index contributed by atoms with van der Waals surface area (Å²) in [7, 11) is 2.52. The van der Waals surface area contributed by atoms with Crippen molar-refractivity contribution in [2.24, 2.45) is 0 Å². The molecule has 1 rings (SSSR count). The Morgan fingerprint density at radius 3 is 2.47 bits per heavy atom. The summed E-state index contributed by atoms with van der Waals surface area (Å²) in [6.07, 6.45) is 1.04. The average molecular weight is 266 g/mol. The number of esters is 1. The zero-order valence-corrected chi connectivity index (χ0v) is 10.8. The molecule has 1 aromatic rings. The van der Waals surface area contributed by atoms with Crippen LogP contribution in [-0.2, 0) is 14.3 Å². The molecule has 0 aliphatic carbocycles. The van der Waals surface area contributed by atoms with E-state index in [1.165, 1.54) is 26.4 Å². The Morgan fingerprint density at radius 1 is 1.26 bits per heavy atom. The highest BCUT2D eigenvalue weighted by atomic mass is 16.6. The number of hydrogen-bond donors (Lipinski definition) is 1. The largest absolute Gasteiger partial charge is 0.500 e. The number of rotatable bonds is 5. The average Bonchev–Trinajstić information content (AvgIpc) is 2.38. The predicted molar refractivity (Wildman–Crippen MR) is 65.9 cm³/mol. The number of ether oxygens (including phenoxy) is 3. The van der Waals surface area contributed by atoms with Crippen molar-refractivity contribution in [3.05, 3.63) is 41.3 Å². The zero-order valence-electron chi connectivity index (χ0n) is 10.8. The van der Waals surface area contributed by atoms with E-state index in [1.54, 1.807) is 13.0 Å². The highest BCUT2D eigenvalue weighted by Crippen LogP contribution is 2.22. The Labute approximate surface area is 110 Å². The summed E-state index contributed by atoms with van der Waals surface area (Å²) in [5.74, 6) is -2.12. The van der Waals surface area contributed by atoms with Crippen molar-refractivity contribution in [3.8, 4) is 5.75 Å². The van der Waals surface area contributed by atoms with Crippen LogP contribution in [0.3, 0.4) is 0 Å². The molecule has 0 unspecified atom stereocenters. The second-order valence-corrected chi connectivity index (χ2v) is 3.62. The van der Waals surface area contributed by atoms with Crippen molar-refractivity contribution >= 4 is 11.9 Å². The normalized spacial score (nSPS) is 10.8. The number of hydrogen-bond acceptors (Lipinski definition) is 5. The van der Waals surface area contributed by atoms with Gasteiger partial charge in [0.2, 0.25) is 5.76 Å². The van der Waals surface area contributed by atoms with Crippen LogP contribution in [0.4, 0.5) is 0 Å². The molecule has 6 heteroatoms. The summed E-state index contributed by atoms with van der Waals surface area (Å²) in [6.45, 7) is 1.75. The van der Waals surface area contributed by atoms with Crippen LogP contribution in [0, 0.1) is 6.92 Å². The number of aromatic carboxylic acids is 1. The summed E-state index contributed by atoms with van der Waals surface area (Å²) >= 11 is 0. The van der Waals surface area contributed by atoms with Crippen LogP contribution in [0.1, 0.15) is 15.9 Å². The molecular formula is C13H14O6. The molecule has 0 aliphatic rings. The first-order valence-electron chi connectivity index (χ1n) is 5.32. The SMILES string of the molecule is COC=C(Oc1ccc(C)cc1C(=O)O)C(=O)OC. The van der Waals surface area contributed by atoms with E-state index in [9.17, 15) is 9.59 Å². The molecule has 0 spiro atoms. The Bertz CT molecular complexity index is 518. The molecule has 1 aromatic carbocycles. The number of carboxylic acid groups (broad SMARTS) is 1. The number of carbonyl (C=O) groups is 2. The predicted octanol–water partition coefficient (Wildman–Crippen LogP) is 1.73. The lowest BCUT2D eigenvalue weighted by Gasteiger charge is -2.10. The van der Waals surface area contributed by atoms with Gasteiger partial charge in [0.1, 0.15) is 17.6 Å². The topological polar surface area (TPSA) is 82.1 Å². The lowest BCUT2D eigenvalue weighted by Crippen LogP contribution is -2.13. The van der Waals surface area contributed by atoms with Gasteiger partial charge in [0.25, 0.3) is 0 Å². The standard InChI is InChI=1S/C13H14O6/c1-8-4-5-10(9(6-8)12(14)15)19-11(7-17-2)13(16)18-3/h4-7H,1-3H3,(H,14,15). The maximum atomic E-state index is 11.4. The zero-order chi connectivity index (χ0) is 14.4. The van der Waals surface area contributed by atoms with Crippen molar-refractivity contribution in [1.29, 1.82) is 0 Å². The van der Waals surface area contributed by atoms with Crippen molar-refractivity contribution in [2.45, 2.75) is 6.92 Å². The molecule has 0 aliphatic heterocycles. The third-order valence-corrected chi connectivity index (χ3v) is 2.20. The summed E-state index contributed by atoms with van der Waals surface area (Å²) < 4.78 is 14.4. The quantitative estimate of drug-likeness (QED) is 0.496. The van der Waals surface area contributed by atoms with Crippen LogP contribution in [0.5, 0.6) is 5.75 Å². The monoisotopic (exact) mass is 266 g/mol. The minimum absolute atomic E-state index is 0.0341. The lowest BCUT2D eigenvalue weighted by molar-refractivity contribution is -0.138. The fourth-order valence-electron chi connectivity index (χ4n) is 1.34. The summed E-state index contributed by atoms with van der Waals surface area (Å²) in [5.41, 5.74) is 0.714. The molecule has 0 saturated carbocycles. The number of carboxylic acids is 1. The van der Waals surface area contributed by atoms with Crippen molar-refractivity contribution < 1.29 is 28.9 Å². The first-order valence-corrected chi connectivity index (χ1v) is 5.32. The van der Waals surface area contributed by atoms with Gasteiger partial charge in [-0.2, -0.15) is 0 Å². The molecule has 0 amide bonds. The molecule has 0 bridgehead atoms. The Balaban J connectivity index is 3.13. The molecule has 1 N–H and O–H groups in total. The van der Waals surface area contributed by atoms with Gasteiger partial charge in [-0.05, 0) is 19.1 Å². The summed E-state index contributed by atoms with van der Waals surface area (Å²) in [6, 6.07) is 4.58. The summed E-state index contributed by atoms with van der Waals surface area (Å²) in [5, 5.41) is 9.08.